The molecule has 0 aliphatic rings. The molecule has 3 rings (SSSR count). The molecule has 26 heavy (non-hydrogen) atoms. The van der Waals surface area contributed by atoms with Crippen molar-refractivity contribution in [1.29, 1.82) is 0 Å². The van der Waals surface area contributed by atoms with Crippen molar-refractivity contribution in [1.82, 2.24) is 4.90 Å². The summed E-state index contributed by atoms with van der Waals surface area (Å²) in [6.07, 6.45) is 0. The fourth-order valence-electron chi connectivity index (χ4n) is 2.94. The number of nitrogens with two attached hydrogens (primary N) is 1. The molecule has 0 aliphatic heterocycles. The second kappa shape index (κ2) is 6.90. The van der Waals surface area contributed by atoms with E-state index in [1.165, 1.54) is 12.1 Å². The highest BCUT2D eigenvalue weighted by Gasteiger charge is 2.21. The second-order valence-corrected chi connectivity index (χ2v) is 7.79. The number of hydrogen-bond donors (Lipinski definition) is 1. The minimum absolute atomic E-state index is 0.0523. The lowest BCUT2D eigenvalue weighted by Crippen LogP contribution is -2.29. The lowest BCUT2D eigenvalue weighted by atomic mass is 10.0. The van der Waals surface area contributed by atoms with E-state index in [1.807, 2.05) is 49.4 Å². The summed E-state index contributed by atoms with van der Waals surface area (Å²) < 4.78 is 22.8. The van der Waals surface area contributed by atoms with E-state index in [4.69, 9.17) is 5.14 Å². The third kappa shape index (κ3) is 3.47. The zero-order valence-corrected chi connectivity index (χ0v) is 15.4. The van der Waals surface area contributed by atoms with Gasteiger partial charge in [-0.3, -0.25) is 4.79 Å². The van der Waals surface area contributed by atoms with Crippen LogP contribution in [0.5, 0.6) is 0 Å². The molecule has 6 heteroatoms. The van der Waals surface area contributed by atoms with Gasteiger partial charge in [-0.25, -0.2) is 13.6 Å². The molecule has 134 valence electrons. The molecule has 1 atom stereocenters. The van der Waals surface area contributed by atoms with Crippen molar-refractivity contribution in [2.75, 3.05) is 7.05 Å². The van der Waals surface area contributed by atoms with E-state index >= 15 is 0 Å². The van der Waals surface area contributed by atoms with Crippen LogP contribution in [0, 0.1) is 0 Å². The van der Waals surface area contributed by atoms with Gasteiger partial charge < -0.3 is 4.90 Å². The summed E-state index contributed by atoms with van der Waals surface area (Å²) in [6.45, 7) is 1.90. The zero-order valence-electron chi connectivity index (χ0n) is 14.6. The standard InChI is InChI=1S/C20H20N2O3S/c1-14(15-10-12-17(13-11-15)26(21,24)25)22(2)20(23)19-9-5-7-16-6-3-4-8-18(16)19/h3-14H,1-2H3,(H2,21,24,25). The predicted molar refractivity (Wildman–Crippen MR) is 102 cm³/mol. The first-order valence-electron chi connectivity index (χ1n) is 8.17. The minimum atomic E-state index is -3.73. The fraction of sp³-hybridized carbons (Fsp3) is 0.150. The van der Waals surface area contributed by atoms with Crippen LogP contribution in [-0.2, 0) is 10.0 Å². The molecule has 0 aliphatic carbocycles. The number of rotatable bonds is 4. The Morgan fingerprint density at radius 2 is 1.58 bits per heavy atom. The highest BCUT2D eigenvalue weighted by atomic mass is 32.2. The number of carbonyl (C=O) groups is 1. The Balaban J connectivity index is 1.90. The van der Waals surface area contributed by atoms with Gasteiger partial charge in [-0.1, -0.05) is 48.5 Å². The van der Waals surface area contributed by atoms with Crippen LogP contribution >= 0.6 is 0 Å². The van der Waals surface area contributed by atoms with E-state index in [2.05, 4.69) is 0 Å². The van der Waals surface area contributed by atoms with E-state index < -0.39 is 10.0 Å². The Kier molecular flexibility index (Phi) is 4.80. The molecule has 0 spiro atoms. The van der Waals surface area contributed by atoms with Crippen molar-refractivity contribution >= 4 is 26.7 Å². The molecule has 0 radical (unpaired) electrons. The van der Waals surface area contributed by atoms with Gasteiger partial charge in [0, 0.05) is 12.6 Å². The summed E-state index contributed by atoms with van der Waals surface area (Å²) in [4.78, 5) is 14.7. The molecule has 0 heterocycles. The fourth-order valence-corrected chi connectivity index (χ4v) is 3.45. The summed E-state index contributed by atoms with van der Waals surface area (Å²) in [5.74, 6) is -0.0928. The van der Waals surface area contributed by atoms with Gasteiger partial charge in [0.25, 0.3) is 5.91 Å². The maximum absolute atomic E-state index is 13.0. The highest BCUT2D eigenvalue weighted by molar-refractivity contribution is 7.89. The largest absolute Gasteiger partial charge is 0.335 e. The molecule has 1 unspecified atom stereocenters. The van der Waals surface area contributed by atoms with Gasteiger partial charge in [0.15, 0.2) is 0 Å². The highest BCUT2D eigenvalue weighted by Crippen LogP contribution is 2.25. The average Bonchev–Trinajstić information content (AvgIpc) is 2.65. The molecular formula is C20H20N2O3S. The zero-order chi connectivity index (χ0) is 18.9. The quantitative estimate of drug-likeness (QED) is 0.767. The third-order valence-corrected chi connectivity index (χ3v) is 5.54. The lowest BCUT2D eigenvalue weighted by Gasteiger charge is -2.26. The number of primary sulfonamides is 1. The Morgan fingerprint density at radius 3 is 2.23 bits per heavy atom. The molecule has 2 N–H and O–H groups in total. The molecular weight excluding hydrogens is 348 g/mol. The summed E-state index contributed by atoms with van der Waals surface area (Å²) in [5, 5.41) is 7.04. The van der Waals surface area contributed by atoms with Crippen LogP contribution in [0.25, 0.3) is 10.8 Å². The maximum atomic E-state index is 13.0. The summed E-state index contributed by atoms with van der Waals surface area (Å²) in [6, 6.07) is 19.5. The van der Waals surface area contributed by atoms with Gasteiger partial charge in [-0.15, -0.1) is 0 Å². The maximum Gasteiger partial charge on any atom is 0.254 e. The van der Waals surface area contributed by atoms with E-state index in [0.29, 0.717) is 5.56 Å². The number of sulfonamides is 1. The summed E-state index contributed by atoms with van der Waals surface area (Å²) >= 11 is 0. The first-order chi connectivity index (χ1) is 12.3. The van der Waals surface area contributed by atoms with Crippen LogP contribution in [-0.4, -0.2) is 26.3 Å². The van der Waals surface area contributed by atoms with E-state index in [0.717, 1.165) is 16.3 Å². The summed E-state index contributed by atoms with van der Waals surface area (Å²) in [7, 11) is -1.99. The van der Waals surface area contributed by atoms with Gasteiger partial charge >= 0.3 is 0 Å². The second-order valence-electron chi connectivity index (χ2n) is 6.23. The molecule has 0 fully saturated rings. The van der Waals surface area contributed by atoms with Gasteiger partial charge in [0.1, 0.15) is 0 Å². The Labute approximate surface area is 153 Å². The number of fused-ring (bicyclic) bond motifs is 1. The smallest absolute Gasteiger partial charge is 0.254 e. The van der Waals surface area contributed by atoms with Gasteiger partial charge in [-0.05, 0) is 41.5 Å². The Bertz CT molecular complexity index is 1050. The Morgan fingerprint density at radius 1 is 0.962 bits per heavy atom. The third-order valence-electron chi connectivity index (χ3n) is 4.61. The first-order valence-corrected chi connectivity index (χ1v) is 9.71. The molecule has 5 nitrogen and oxygen atoms in total. The molecule has 0 saturated carbocycles. The minimum Gasteiger partial charge on any atom is -0.335 e. The lowest BCUT2D eigenvalue weighted by molar-refractivity contribution is 0.0744. The normalized spacial score (nSPS) is 12.7. The number of nitrogens with zero attached hydrogens (tertiary/aromatic N) is 1. The number of hydrogen-bond acceptors (Lipinski definition) is 3. The molecule has 1 amide bonds. The van der Waals surface area contributed by atoms with Gasteiger partial charge in [-0.2, -0.15) is 0 Å². The number of benzene rings is 3. The van der Waals surface area contributed by atoms with E-state index in [1.54, 1.807) is 24.1 Å². The van der Waals surface area contributed by atoms with Crippen molar-refractivity contribution in [3.63, 3.8) is 0 Å². The van der Waals surface area contributed by atoms with E-state index in [9.17, 15) is 13.2 Å². The predicted octanol–water partition coefficient (Wildman–Crippen LogP) is 3.32. The topological polar surface area (TPSA) is 80.5 Å². The average molecular weight is 368 g/mol. The van der Waals surface area contributed by atoms with Crippen molar-refractivity contribution in [3.8, 4) is 0 Å². The van der Waals surface area contributed by atoms with E-state index in [-0.39, 0.29) is 16.8 Å². The number of amides is 1. The van der Waals surface area contributed by atoms with Crippen LogP contribution in [0.3, 0.4) is 0 Å². The van der Waals surface area contributed by atoms with Crippen LogP contribution in [0.1, 0.15) is 28.9 Å². The van der Waals surface area contributed by atoms with Gasteiger partial charge in [0.05, 0.1) is 10.9 Å². The van der Waals surface area contributed by atoms with Crippen LogP contribution in [0.2, 0.25) is 0 Å². The van der Waals surface area contributed by atoms with Crippen molar-refractivity contribution in [2.24, 2.45) is 5.14 Å². The van der Waals surface area contributed by atoms with Crippen molar-refractivity contribution < 1.29 is 13.2 Å². The van der Waals surface area contributed by atoms with Crippen molar-refractivity contribution in [2.45, 2.75) is 17.9 Å². The first kappa shape index (κ1) is 18.1. The molecule has 0 aromatic heterocycles. The molecule has 0 saturated heterocycles. The SMILES string of the molecule is CC(c1ccc(S(N)(=O)=O)cc1)N(C)C(=O)c1cccc2ccccc12. The van der Waals surface area contributed by atoms with Crippen LogP contribution < -0.4 is 5.14 Å². The van der Waals surface area contributed by atoms with Gasteiger partial charge in [0.2, 0.25) is 10.0 Å². The number of carbonyl (C=O) groups excluding carboxylic acids is 1. The summed E-state index contributed by atoms with van der Waals surface area (Å²) in [5.41, 5.74) is 1.46. The molecule has 3 aromatic rings. The molecule has 0 bridgehead atoms. The van der Waals surface area contributed by atoms with Crippen LogP contribution in [0.4, 0.5) is 0 Å². The monoisotopic (exact) mass is 368 g/mol. The molecule has 3 aromatic carbocycles. The van der Waals surface area contributed by atoms with Crippen molar-refractivity contribution in [3.05, 3.63) is 77.9 Å². The van der Waals surface area contributed by atoms with Crippen LogP contribution in [0.15, 0.2) is 71.6 Å². The Hall–Kier alpha value is -2.70.